The van der Waals surface area contributed by atoms with Crippen LogP contribution >= 0.6 is 11.6 Å². The molecule has 2 heterocycles. The smallest absolute Gasteiger partial charge is 0.244 e. The fraction of sp³-hybridized carbons (Fsp3) is 0.632. The molecular formula is C19H27ClN2O6S. The van der Waals surface area contributed by atoms with E-state index in [-0.39, 0.29) is 48.1 Å². The normalized spacial score (nSPS) is 28.8. The molecule has 0 radical (unpaired) electrons. The van der Waals surface area contributed by atoms with Crippen LogP contribution in [0.2, 0.25) is 5.02 Å². The SMILES string of the molecule is CN(C)C(=O)C[C@@H]1CC[C@@H]2[C@H](COC[C@H](O)CN2S(=O)(=O)c2ccccc2Cl)O1. The van der Waals surface area contributed by atoms with E-state index in [4.69, 9.17) is 21.1 Å². The molecule has 1 amide bonds. The van der Waals surface area contributed by atoms with Gasteiger partial charge in [-0.1, -0.05) is 23.7 Å². The quantitative estimate of drug-likeness (QED) is 0.744. The van der Waals surface area contributed by atoms with Crippen molar-refractivity contribution in [2.75, 3.05) is 33.9 Å². The molecule has 8 nitrogen and oxygen atoms in total. The number of β-amino-alcohol motifs (C(OH)–C–C–N with tert-alkyl or cyclic N) is 1. The van der Waals surface area contributed by atoms with E-state index in [1.807, 2.05) is 0 Å². The summed E-state index contributed by atoms with van der Waals surface area (Å²) in [6.45, 7) is 0.0325. The molecule has 2 saturated heterocycles. The molecule has 0 aromatic heterocycles. The summed E-state index contributed by atoms with van der Waals surface area (Å²) in [5, 5.41) is 10.4. The molecule has 29 heavy (non-hydrogen) atoms. The first-order valence-electron chi connectivity index (χ1n) is 9.58. The molecule has 0 bridgehead atoms. The van der Waals surface area contributed by atoms with E-state index in [9.17, 15) is 18.3 Å². The average Bonchev–Trinajstić information content (AvgIpc) is 2.65. The molecule has 2 aliphatic heterocycles. The van der Waals surface area contributed by atoms with Gasteiger partial charge in [0.2, 0.25) is 15.9 Å². The zero-order valence-corrected chi connectivity index (χ0v) is 18.1. The van der Waals surface area contributed by atoms with Gasteiger partial charge in [-0.3, -0.25) is 4.79 Å². The highest BCUT2D eigenvalue weighted by Crippen LogP contribution is 2.33. The number of fused-ring (bicyclic) bond motifs is 1. The molecule has 162 valence electrons. The summed E-state index contributed by atoms with van der Waals surface area (Å²) < 4.78 is 39.7. The summed E-state index contributed by atoms with van der Waals surface area (Å²) in [6, 6.07) is 5.74. The Morgan fingerprint density at radius 3 is 2.69 bits per heavy atom. The van der Waals surface area contributed by atoms with Crippen molar-refractivity contribution < 1.29 is 27.8 Å². The summed E-state index contributed by atoms with van der Waals surface area (Å²) in [5.74, 6) is -0.0452. The number of halogens is 1. The number of sulfonamides is 1. The van der Waals surface area contributed by atoms with Gasteiger partial charge in [-0.15, -0.1) is 0 Å². The van der Waals surface area contributed by atoms with Gasteiger partial charge in [0.05, 0.1) is 49.0 Å². The van der Waals surface area contributed by atoms with Gasteiger partial charge in [-0.2, -0.15) is 4.31 Å². The Balaban J connectivity index is 1.87. The molecular weight excluding hydrogens is 420 g/mol. The second kappa shape index (κ2) is 9.28. The van der Waals surface area contributed by atoms with Crippen LogP contribution in [0.5, 0.6) is 0 Å². The first-order valence-corrected chi connectivity index (χ1v) is 11.4. The Kier molecular flexibility index (Phi) is 7.19. The van der Waals surface area contributed by atoms with Crippen molar-refractivity contribution in [1.29, 1.82) is 0 Å². The molecule has 1 N–H and O–H groups in total. The Morgan fingerprint density at radius 1 is 1.28 bits per heavy atom. The molecule has 1 aromatic carbocycles. The van der Waals surface area contributed by atoms with Crippen molar-refractivity contribution in [3.63, 3.8) is 0 Å². The number of carbonyl (C=O) groups excluding carboxylic acids is 1. The van der Waals surface area contributed by atoms with Crippen LogP contribution in [0.25, 0.3) is 0 Å². The fourth-order valence-electron chi connectivity index (χ4n) is 3.73. The zero-order valence-electron chi connectivity index (χ0n) is 16.5. The zero-order chi connectivity index (χ0) is 21.2. The number of carbonyl (C=O) groups is 1. The van der Waals surface area contributed by atoms with Crippen LogP contribution in [0.4, 0.5) is 0 Å². The summed E-state index contributed by atoms with van der Waals surface area (Å²) in [7, 11) is -0.585. The van der Waals surface area contributed by atoms with E-state index >= 15 is 0 Å². The molecule has 0 spiro atoms. The third-order valence-corrected chi connectivity index (χ3v) is 7.65. The van der Waals surface area contributed by atoms with E-state index in [0.29, 0.717) is 12.8 Å². The lowest BCUT2D eigenvalue weighted by Crippen LogP contribution is -2.57. The number of nitrogens with zero attached hydrogens (tertiary/aromatic N) is 2. The van der Waals surface area contributed by atoms with Gasteiger partial charge in [0.1, 0.15) is 4.90 Å². The maximum Gasteiger partial charge on any atom is 0.244 e. The topological polar surface area (TPSA) is 96.4 Å². The van der Waals surface area contributed by atoms with Crippen LogP contribution in [0.1, 0.15) is 19.3 Å². The highest BCUT2D eigenvalue weighted by atomic mass is 35.5. The van der Waals surface area contributed by atoms with Gasteiger partial charge in [0.15, 0.2) is 0 Å². The second-order valence-corrected chi connectivity index (χ2v) is 9.90. The lowest BCUT2D eigenvalue weighted by Gasteiger charge is -2.43. The number of rotatable bonds is 4. The molecule has 3 rings (SSSR count). The summed E-state index contributed by atoms with van der Waals surface area (Å²) in [4.78, 5) is 13.6. The van der Waals surface area contributed by atoms with Gasteiger partial charge < -0.3 is 19.5 Å². The first-order chi connectivity index (χ1) is 13.7. The summed E-state index contributed by atoms with van der Waals surface area (Å²) in [6.07, 6.45) is -0.532. The Morgan fingerprint density at radius 2 is 2.00 bits per heavy atom. The number of hydrogen-bond acceptors (Lipinski definition) is 6. The first kappa shape index (κ1) is 22.5. The predicted octanol–water partition coefficient (Wildman–Crippen LogP) is 1.12. The van der Waals surface area contributed by atoms with E-state index in [1.54, 1.807) is 26.2 Å². The molecule has 0 saturated carbocycles. The maximum absolute atomic E-state index is 13.4. The Bertz CT molecular complexity index is 834. The van der Waals surface area contributed by atoms with Crippen molar-refractivity contribution in [2.24, 2.45) is 0 Å². The van der Waals surface area contributed by atoms with Gasteiger partial charge in [-0.25, -0.2) is 8.42 Å². The van der Waals surface area contributed by atoms with Crippen molar-refractivity contribution in [1.82, 2.24) is 9.21 Å². The third kappa shape index (κ3) is 5.10. The van der Waals surface area contributed by atoms with E-state index in [1.165, 1.54) is 21.3 Å². The van der Waals surface area contributed by atoms with Crippen molar-refractivity contribution in [3.8, 4) is 0 Å². The van der Waals surface area contributed by atoms with Crippen LogP contribution < -0.4 is 0 Å². The van der Waals surface area contributed by atoms with Crippen LogP contribution in [0.15, 0.2) is 29.2 Å². The highest BCUT2D eigenvalue weighted by Gasteiger charge is 2.43. The third-order valence-electron chi connectivity index (χ3n) is 5.26. The molecule has 0 aliphatic carbocycles. The standard InChI is InChI=1S/C19H27ClN2O6S/c1-21(2)19(24)9-14-7-8-16-17(28-14)12-27-11-13(23)10-22(16)29(25,26)18-6-4-3-5-15(18)20/h3-6,13-14,16-17,23H,7-12H2,1-2H3/t13-,14+,16-,17+/m1/s1. The number of amides is 1. The molecule has 4 atom stereocenters. The van der Waals surface area contributed by atoms with Crippen LogP contribution in [0, 0.1) is 0 Å². The summed E-state index contributed by atoms with van der Waals surface area (Å²) in [5.41, 5.74) is 0. The summed E-state index contributed by atoms with van der Waals surface area (Å²) >= 11 is 6.16. The second-order valence-electron chi connectivity index (χ2n) is 7.63. The van der Waals surface area contributed by atoms with Gasteiger partial charge in [-0.05, 0) is 25.0 Å². The number of ether oxygens (including phenoxy) is 2. The Labute approximate surface area is 176 Å². The molecule has 2 aliphatic rings. The molecule has 0 unspecified atom stereocenters. The lowest BCUT2D eigenvalue weighted by atomic mass is 9.96. The molecule has 2 fully saturated rings. The fourth-order valence-corrected chi connectivity index (χ4v) is 5.94. The van der Waals surface area contributed by atoms with Crippen molar-refractivity contribution in [3.05, 3.63) is 29.3 Å². The molecule has 10 heteroatoms. The monoisotopic (exact) mass is 446 g/mol. The minimum Gasteiger partial charge on any atom is -0.389 e. The number of hydrogen-bond donors (Lipinski definition) is 1. The minimum atomic E-state index is -3.96. The highest BCUT2D eigenvalue weighted by molar-refractivity contribution is 7.89. The predicted molar refractivity (Wildman–Crippen MR) is 107 cm³/mol. The van der Waals surface area contributed by atoms with Gasteiger partial charge in [0, 0.05) is 20.6 Å². The van der Waals surface area contributed by atoms with E-state index < -0.39 is 28.3 Å². The number of aliphatic hydroxyl groups is 1. The average molecular weight is 447 g/mol. The minimum absolute atomic E-state index is 0.000910. The van der Waals surface area contributed by atoms with Gasteiger partial charge >= 0.3 is 0 Å². The van der Waals surface area contributed by atoms with E-state index in [0.717, 1.165) is 0 Å². The van der Waals surface area contributed by atoms with Crippen LogP contribution in [-0.4, -0.2) is 86.8 Å². The molecule has 1 aromatic rings. The largest absolute Gasteiger partial charge is 0.389 e. The maximum atomic E-state index is 13.4. The number of aliphatic hydroxyl groups excluding tert-OH is 1. The van der Waals surface area contributed by atoms with Crippen molar-refractivity contribution >= 4 is 27.5 Å². The van der Waals surface area contributed by atoms with E-state index in [2.05, 4.69) is 0 Å². The lowest BCUT2D eigenvalue weighted by molar-refractivity contribution is -0.150. The van der Waals surface area contributed by atoms with Gasteiger partial charge in [0.25, 0.3) is 0 Å². The van der Waals surface area contributed by atoms with Crippen LogP contribution in [0.3, 0.4) is 0 Å². The number of benzene rings is 1. The van der Waals surface area contributed by atoms with Crippen LogP contribution in [-0.2, 0) is 24.3 Å². The van der Waals surface area contributed by atoms with Crippen molar-refractivity contribution in [2.45, 2.75) is 48.5 Å². The Hall–Kier alpha value is -1.23.